The van der Waals surface area contributed by atoms with Gasteiger partial charge in [0, 0.05) is 12.0 Å². The minimum atomic E-state index is 0.572. The topological polar surface area (TPSA) is 43.8 Å². The Bertz CT molecular complexity index is 359. The molecular formula is C13H21N3. The average molecular weight is 219 g/mol. The third kappa shape index (κ3) is 1.72. The van der Waals surface area contributed by atoms with E-state index in [9.17, 15) is 0 Å². The summed E-state index contributed by atoms with van der Waals surface area (Å²) in [7, 11) is 0. The molecule has 2 aliphatic carbocycles. The summed E-state index contributed by atoms with van der Waals surface area (Å²) in [5.74, 6) is 1.58. The molecule has 3 heteroatoms. The van der Waals surface area contributed by atoms with E-state index in [-0.39, 0.29) is 0 Å². The van der Waals surface area contributed by atoms with Gasteiger partial charge in [-0.15, -0.1) is 0 Å². The first kappa shape index (κ1) is 10.2. The highest BCUT2D eigenvalue weighted by Gasteiger charge is 2.25. The first-order valence-electron chi connectivity index (χ1n) is 6.69. The van der Waals surface area contributed by atoms with Crippen LogP contribution in [0.4, 0.5) is 5.82 Å². The molecular weight excluding hydrogens is 198 g/mol. The average Bonchev–Trinajstić information content (AvgIpc) is 2.59. The standard InChI is InChI=1S/C13H21N3/c14-13-9-12(10-5-4-6-10)15-16(13)11-7-2-1-3-8-11/h9-11H,1-8,14H2. The van der Waals surface area contributed by atoms with Gasteiger partial charge in [-0.3, -0.25) is 0 Å². The predicted octanol–water partition coefficient (Wildman–Crippen LogP) is 3.24. The Morgan fingerprint density at radius 1 is 1.06 bits per heavy atom. The van der Waals surface area contributed by atoms with Crippen molar-refractivity contribution in [2.75, 3.05) is 5.73 Å². The Morgan fingerprint density at radius 3 is 2.44 bits per heavy atom. The lowest BCUT2D eigenvalue weighted by molar-refractivity contribution is 0.326. The third-order valence-electron chi connectivity index (χ3n) is 4.23. The molecule has 0 saturated heterocycles. The molecule has 0 aromatic carbocycles. The van der Waals surface area contributed by atoms with Crippen LogP contribution < -0.4 is 5.73 Å². The molecule has 1 aromatic rings. The molecule has 88 valence electrons. The van der Waals surface area contributed by atoms with Crippen LogP contribution in [0.15, 0.2) is 6.07 Å². The van der Waals surface area contributed by atoms with Crippen molar-refractivity contribution in [2.45, 2.75) is 63.3 Å². The monoisotopic (exact) mass is 219 g/mol. The zero-order chi connectivity index (χ0) is 11.0. The second kappa shape index (κ2) is 4.11. The fourth-order valence-electron chi connectivity index (χ4n) is 2.95. The lowest BCUT2D eigenvalue weighted by Gasteiger charge is -2.24. The Labute approximate surface area is 97.0 Å². The molecule has 1 heterocycles. The molecule has 0 bridgehead atoms. The molecule has 2 saturated carbocycles. The number of nitrogen functional groups attached to an aromatic ring is 1. The lowest BCUT2D eigenvalue weighted by Crippen LogP contribution is -2.17. The fraction of sp³-hybridized carbons (Fsp3) is 0.769. The van der Waals surface area contributed by atoms with Gasteiger partial charge < -0.3 is 5.73 Å². The Kier molecular flexibility index (Phi) is 2.62. The quantitative estimate of drug-likeness (QED) is 0.829. The SMILES string of the molecule is Nc1cc(C2CCC2)nn1C1CCCCC1. The highest BCUT2D eigenvalue weighted by atomic mass is 15.3. The van der Waals surface area contributed by atoms with Gasteiger partial charge in [0.05, 0.1) is 11.7 Å². The van der Waals surface area contributed by atoms with E-state index < -0.39 is 0 Å². The first-order valence-corrected chi connectivity index (χ1v) is 6.69. The van der Waals surface area contributed by atoms with Crippen molar-refractivity contribution in [3.8, 4) is 0 Å². The van der Waals surface area contributed by atoms with Gasteiger partial charge in [0.1, 0.15) is 5.82 Å². The van der Waals surface area contributed by atoms with Gasteiger partial charge in [-0.2, -0.15) is 5.10 Å². The van der Waals surface area contributed by atoms with Crippen LogP contribution in [0.25, 0.3) is 0 Å². The normalized spacial score (nSPS) is 23.2. The van der Waals surface area contributed by atoms with E-state index in [1.165, 1.54) is 57.1 Å². The number of nitrogens with two attached hydrogens (primary N) is 1. The van der Waals surface area contributed by atoms with Crippen molar-refractivity contribution < 1.29 is 0 Å². The van der Waals surface area contributed by atoms with Crippen LogP contribution in [0.2, 0.25) is 0 Å². The van der Waals surface area contributed by atoms with Crippen LogP contribution in [0.1, 0.15) is 69.0 Å². The summed E-state index contributed by atoms with van der Waals surface area (Å²) in [6, 6.07) is 2.68. The van der Waals surface area contributed by atoms with Crippen molar-refractivity contribution in [3.05, 3.63) is 11.8 Å². The van der Waals surface area contributed by atoms with E-state index in [0.717, 1.165) is 5.82 Å². The lowest BCUT2D eigenvalue weighted by atomic mass is 9.83. The van der Waals surface area contributed by atoms with E-state index >= 15 is 0 Å². The molecule has 0 amide bonds. The molecule has 3 rings (SSSR count). The summed E-state index contributed by atoms with van der Waals surface area (Å²) in [5, 5.41) is 4.75. The highest BCUT2D eigenvalue weighted by Crippen LogP contribution is 2.37. The van der Waals surface area contributed by atoms with Crippen molar-refractivity contribution in [1.82, 2.24) is 9.78 Å². The van der Waals surface area contributed by atoms with Crippen molar-refractivity contribution >= 4 is 5.82 Å². The molecule has 16 heavy (non-hydrogen) atoms. The van der Waals surface area contributed by atoms with Crippen molar-refractivity contribution in [2.24, 2.45) is 0 Å². The summed E-state index contributed by atoms with van der Waals surface area (Å²) in [6.45, 7) is 0. The molecule has 0 radical (unpaired) electrons. The molecule has 2 aliphatic rings. The van der Waals surface area contributed by atoms with Crippen LogP contribution in [-0.2, 0) is 0 Å². The maximum absolute atomic E-state index is 6.09. The summed E-state index contributed by atoms with van der Waals surface area (Å²) in [5.41, 5.74) is 7.33. The fourth-order valence-corrected chi connectivity index (χ4v) is 2.95. The second-order valence-electron chi connectivity index (χ2n) is 5.36. The minimum Gasteiger partial charge on any atom is -0.384 e. The maximum Gasteiger partial charge on any atom is 0.122 e. The number of anilines is 1. The van der Waals surface area contributed by atoms with Gasteiger partial charge in [-0.25, -0.2) is 4.68 Å². The summed E-state index contributed by atoms with van der Waals surface area (Å²) in [4.78, 5) is 0. The molecule has 2 N–H and O–H groups in total. The number of rotatable bonds is 2. The molecule has 0 unspecified atom stereocenters. The zero-order valence-corrected chi connectivity index (χ0v) is 9.86. The Morgan fingerprint density at radius 2 is 1.81 bits per heavy atom. The molecule has 3 nitrogen and oxygen atoms in total. The summed E-state index contributed by atoms with van der Waals surface area (Å²) >= 11 is 0. The Hall–Kier alpha value is -0.990. The van der Waals surface area contributed by atoms with Crippen LogP contribution >= 0.6 is 0 Å². The third-order valence-corrected chi connectivity index (χ3v) is 4.23. The zero-order valence-electron chi connectivity index (χ0n) is 9.86. The Balaban J connectivity index is 1.79. The molecule has 1 aromatic heterocycles. The van der Waals surface area contributed by atoms with Gasteiger partial charge in [-0.05, 0) is 25.7 Å². The largest absolute Gasteiger partial charge is 0.384 e. The van der Waals surface area contributed by atoms with Crippen molar-refractivity contribution in [3.63, 3.8) is 0 Å². The first-order chi connectivity index (χ1) is 7.84. The van der Waals surface area contributed by atoms with Gasteiger partial charge in [-0.1, -0.05) is 25.7 Å². The highest BCUT2D eigenvalue weighted by molar-refractivity contribution is 5.33. The van der Waals surface area contributed by atoms with Gasteiger partial charge in [0.15, 0.2) is 0 Å². The number of hydrogen-bond donors (Lipinski definition) is 1. The number of nitrogens with zero attached hydrogens (tertiary/aromatic N) is 2. The number of hydrogen-bond acceptors (Lipinski definition) is 2. The molecule has 0 aliphatic heterocycles. The van der Waals surface area contributed by atoms with Crippen LogP contribution in [0.5, 0.6) is 0 Å². The number of aromatic nitrogens is 2. The van der Waals surface area contributed by atoms with E-state index in [1.54, 1.807) is 0 Å². The summed E-state index contributed by atoms with van der Waals surface area (Å²) < 4.78 is 2.10. The van der Waals surface area contributed by atoms with E-state index in [2.05, 4.69) is 10.7 Å². The molecule has 0 atom stereocenters. The smallest absolute Gasteiger partial charge is 0.122 e. The van der Waals surface area contributed by atoms with Gasteiger partial charge >= 0.3 is 0 Å². The second-order valence-corrected chi connectivity index (χ2v) is 5.36. The van der Waals surface area contributed by atoms with E-state index in [4.69, 9.17) is 10.8 Å². The van der Waals surface area contributed by atoms with Crippen LogP contribution in [0, 0.1) is 0 Å². The van der Waals surface area contributed by atoms with E-state index in [1.807, 2.05) is 0 Å². The maximum atomic E-state index is 6.09. The molecule has 2 fully saturated rings. The predicted molar refractivity (Wildman–Crippen MR) is 65.4 cm³/mol. The van der Waals surface area contributed by atoms with Crippen LogP contribution in [-0.4, -0.2) is 9.78 Å². The minimum absolute atomic E-state index is 0.572. The summed E-state index contributed by atoms with van der Waals surface area (Å²) in [6.07, 6.45) is 10.5. The van der Waals surface area contributed by atoms with Gasteiger partial charge in [0.2, 0.25) is 0 Å². The van der Waals surface area contributed by atoms with Crippen molar-refractivity contribution in [1.29, 1.82) is 0 Å². The van der Waals surface area contributed by atoms with E-state index in [0.29, 0.717) is 12.0 Å². The van der Waals surface area contributed by atoms with Gasteiger partial charge in [0.25, 0.3) is 0 Å². The van der Waals surface area contributed by atoms with Crippen LogP contribution in [0.3, 0.4) is 0 Å². The molecule has 0 spiro atoms.